The van der Waals surface area contributed by atoms with Crippen molar-refractivity contribution in [3.05, 3.63) is 41.2 Å². The molecule has 2 heterocycles. The van der Waals surface area contributed by atoms with Gasteiger partial charge >= 0.3 is 0 Å². The van der Waals surface area contributed by atoms with Gasteiger partial charge in [0.1, 0.15) is 17.5 Å². The van der Waals surface area contributed by atoms with Crippen molar-refractivity contribution in [3.8, 4) is 0 Å². The number of nitrogens with one attached hydrogen (secondary N) is 1. The number of ketones is 1. The lowest BCUT2D eigenvalue weighted by Crippen LogP contribution is -2.14. The number of hydrogen-bond acceptors (Lipinski definition) is 4. The fraction of sp³-hybridized carbons (Fsp3) is 0.471. The first-order valence-corrected chi connectivity index (χ1v) is 8.11. The molecular weight excluding hydrogens is 295 g/mol. The van der Waals surface area contributed by atoms with E-state index in [-0.39, 0.29) is 11.3 Å². The molecule has 3 rings (SSSR count). The first-order chi connectivity index (χ1) is 11.2. The van der Waals surface area contributed by atoms with Gasteiger partial charge in [-0.1, -0.05) is 6.07 Å². The van der Waals surface area contributed by atoms with Gasteiger partial charge in [0.15, 0.2) is 5.78 Å². The van der Waals surface area contributed by atoms with Crippen LogP contribution < -0.4 is 5.32 Å². The lowest BCUT2D eigenvalue weighted by molar-refractivity contribution is 0.101. The maximum absolute atomic E-state index is 13.7. The summed E-state index contributed by atoms with van der Waals surface area (Å²) in [5.74, 6) is 1.36. The highest BCUT2D eigenvalue weighted by Gasteiger charge is 2.15. The van der Waals surface area contributed by atoms with E-state index in [1.165, 1.54) is 25.8 Å². The maximum Gasteiger partial charge on any atom is 0.164 e. The quantitative estimate of drug-likeness (QED) is 0.657. The molecule has 1 aliphatic heterocycles. The number of rotatable bonds is 6. The number of Topliss-reactive ketones (excluding diaryl/α,β-unsaturated/α-hetero) is 1. The number of fused-ring (bicyclic) bond motifs is 1. The molecule has 0 atom stereocenters. The summed E-state index contributed by atoms with van der Waals surface area (Å²) in [6.45, 7) is 3.04. The van der Waals surface area contributed by atoms with Crippen LogP contribution in [0.5, 0.6) is 0 Å². The molecule has 5 nitrogen and oxygen atoms in total. The molecular formula is C17H21FN4O. The van der Waals surface area contributed by atoms with Gasteiger partial charge in [0.2, 0.25) is 0 Å². The molecule has 0 amide bonds. The summed E-state index contributed by atoms with van der Waals surface area (Å²) >= 11 is 0. The summed E-state index contributed by atoms with van der Waals surface area (Å²) in [4.78, 5) is 11.6. The molecule has 0 fully saturated rings. The van der Waals surface area contributed by atoms with Crippen molar-refractivity contribution in [2.45, 2.75) is 45.6 Å². The van der Waals surface area contributed by atoms with Crippen LogP contribution in [-0.2, 0) is 19.4 Å². The molecule has 122 valence electrons. The minimum Gasteiger partial charge on any atom is -0.384 e. The van der Waals surface area contributed by atoms with Crippen molar-refractivity contribution in [3.63, 3.8) is 0 Å². The lowest BCUT2D eigenvalue weighted by Gasteiger charge is -2.15. The zero-order valence-electron chi connectivity index (χ0n) is 13.3. The number of aromatic nitrogens is 3. The van der Waals surface area contributed by atoms with E-state index in [0.29, 0.717) is 12.2 Å². The monoisotopic (exact) mass is 316 g/mol. The van der Waals surface area contributed by atoms with Gasteiger partial charge in [0.05, 0.1) is 5.56 Å². The Balaban J connectivity index is 1.57. The molecule has 0 saturated carbocycles. The molecule has 23 heavy (non-hydrogen) atoms. The molecule has 0 bridgehead atoms. The highest BCUT2D eigenvalue weighted by Crippen LogP contribution is 2.20. The standard InChI is InChI=1S/C17H21FN4O/c1-12(23)17-13(18)6-4-7-14(17)19-10-5-9-16-21-20-15-8-2-3-11-22(15)16/h4,6-7,19H,2-3,5,8-11H2,1H3. The summed E-state index contributed by atoms with van der Waals surface area (Å²) in [5.41, 5.74) is 0.688. The van der Waals surface area contributed by atoms with Crippen molar-refractivity contribution in [2.24, 2.45) is 0 Å². The third kappa shape index (κ3) is 3.41. The van der Waals surface area contributed by atoms with Crippen LogP contribution in [0.15, 0.2) is 18.2 Å². The van der Waals surface area contributed by atoms with Gasteiger partial charge in [-0.25, -0.2) is 4.39 Å². The highest BCUT2D eigenvalue weighted by molar-refractivity contribution is 5.99. The van der Waals surface area contributed by atoms with Crippen LogP contribution in [0.25, 0.3) is 0 Å². The topological polar surface area (TPSA) is 59.8 Å². The highest BCUT2D eigenvalue weighted by atomic mass is 19.1. The van der Waals surface area contributed by atoms with Crippen LogP contribution in [0, 0.1) is 5.82 Å². The molecule has 0 aliphatic carbocycles. The number of hydrogen-bond donors (Lipinski definition) is 1. The number of nitrogens with zero attached hydrogens (tertiary/aromatic N) is 3. The minimum atomic E-state index is -0.478. The first-order valence-electron chi connectivity index (χ1n) is 8.11. The van der Waals surface area contributed by atoms with Crippen LogP contribution >= 0.6 is 0 Å². The Kier molecular flexibility index (Phi) is 4.69. The van der Waals surface area contributed by atoms with E-state index < -0.39 is 5.82 Å². The zero-order valence-corrected chi connectivity index (χ0v) is 13.3. The lowest BCUT2D eigenvalue weighted by atomic mass is 10.1. The summed E-state index contributed by atoms with van der Waals surface area (Å²) < 4.78 is 16.0. The van der Waals surface area contributed by atoms with Crippen molar-refractivity contribution < 1.29 is 9.18 Å². The molecule has 1 aromatic heterocycles. The van der Waals surface area contributed by atoms with Crippen molar-refractivity contribution in [1.29, 1.82) is 0 Å². The molecule has 0 radical (unpaired) electrons. The maximum atomic E-state index is 13.7. The molecule has 0 saturated heterocycles. The Morgan fingerprint density at radius 1 is 1.35 bits per heavy atom. The smallest absolute Gasteiger partial charge is 0.164 e. The molecule has 1 N–H and O–H groups in total. The molecule has 0 spiro atoms. The Labute approximate surface area is 134 Å². The van der Waals surface area contributed by atoms with Crippen LogP contribution in [0.4, 0.5) is 10.1 Å². The first kappa shape index (κ1) is 15.6. The van der Waals surface area contributed by atoms with E-state index >= 15 is 0 Å². The summed E-state index contributed by atoms with van der Waals surface area (Å²) in [6.07, 6.45) is 5.06. The van der Waals surface area contributed by atoms with E-state index in [2.05, 4.69) is 20.1 Å². The number of carbonyl (C=O) groups is 1. The van der Waals surface area contributed by atoms with E-state index in [4.69, 9.17) is 0 Å². The SMILES string of the molecule is CC(=O)c1c(F)cccc1NCCCc1nnc2n1CCCC2. The van der Waals surface area contributed by atoms with Gasteiger partial charge in [-0.05, 0) is 38.3 Å². The van der Waals surface area contributed by atoms with Gasteiger partial charge < -0.3 is 9.88 Å². The summed E-state index contributed by atoms with van der Waals surface area (Å²) in [5, 5.41) is 11.7. The predicted octanol–water partition coefficient (Wildman–Crippen LogP) is 3.00. The van der Waals surface area contributed by atoms with E-state index in [1.807, 2.05) is 0 Å². The largest absolute Gasteiger partial charge is 0.384 e. The van der Waals surface area contributed by atoms with Gasteiger partial charge in [-0.15, -0.1) is 10.2 Å². The second-order valence-corrected chi connectivity index (χ2v) is 5.89. The van der Waals surface area contributed by atoms with Crippen molar-refractivity contribution in [1.82, 2.24) is 14.8 Å². The van der Waals surface area contributed by atoms with Crippen LogP contribution in [0.1, 0.15) is 48.2 Å². The number of aryl methyl sites for hydroxylation is 2. The van der Waals surface area contributed by atoms with Gasteiger partial charge in [-0.3, -0.25) is 4.79 Å². The van der Waals surface area contributed by atoms with Crippen LogP contribution in [0.3, 0.4) is 0 Å². The molecule has 2 aromatic rings. The van der Waals surface area contributed by atoms with Gasteiger partial charge in [0, 0.05) is 31.6 Å². The third-order valence-electron chi connectivity index (χ3n) is 4.19. The van der Waals surface area contributed by atoms with Crippen LogP contribution in [-0.4, -0.2) is 27.1 Å². The average Bonchev–Trinajstić information content (AvgIpc) is 2.94. The molecule has 1 aromatic carbocycles. The Hall–Kier alpha value is -2.24. The van der Waals surface area contributed by atoms with Crippen LogP contribution in [0.2, 0.25) is 0 Å². The number of anilines is 1. The predicted molar refractivity (Wildman–Crippen MR) is 86.2 cm³/mol. The Morgan fingerprint density at radius 2 is 2.22 bits per heavy atom. The molecule has 0 unspecified atom stereocenters. The van der Waals surface area contributed by atoms with E-state index in [9.17, 15) is 9.18 Å². The fourth-order valence-electron chi connectivity index (χ4n) is 3.05. The number of halogens is 1. The van der Waals surface area contributed by atoms with E-state index in [1.54, 1.807) is 12.1 Å². The zero-order chi connectivity index (χ0) is 16.2. The van der Waals surface area contributed by atoms with Gasteiger partial charge in [-0.2, -0.15) is 0 Å². The minimum absolute atomic E-state index is 0.132. The fourth-order valence-corrected chi connectivity index (χ4v) is 3.05. The van der Waals surface area contributed by atoms with Crippen molar-refractivity contribution in [2.75, 3.05) is 11.9 Å². The third-order valence-corrected chi connectivity index (χ3v) is 4.19. The Bertz CT molecular complexity index is 711. The second kappa shape index (κ2) is 6.89. The molecule has 1 aliphatic rings. The normalized spacial score (nSPS) is 13.7. The number of benzene rings is 1. The second-order valence-electron chi connectivity index (χ2n) is 5.89. The van der Waals surface area contributed by atoms with Crippen molar-refractivity contribution >= 4 is 11.5 Å². The summed E-state index contributed by atoms with van der Waals surface area (Å²) in [7, 11) is 0. The van der Waals surface area contributed by atoms with E-state index in [0.717, 1.165) is 37.5 Å². The summed E-state index contributed by atoms with van der Waals surface area (Å²) in [6, 6.07) is 4.65. The Morgan fingerprint density at radius 3 is 3.04 bits per heavy atom. The number of carbonyl (C=O) groups excluding carboxylic acids is 1. The molecule has 6 heteroatoms. The van der Waals surface area contributed by atoms with Gasteiger partial charge in [0.25, 0.3) is 0 Å². The average molecular weight is 316 g/mol.